The number of carbonyl (C=O) groups is 2. The van der Waals surface area contributed by atoms with Crippen LogP contribution in [0, 0.1) is 5.92 Å². The lowest BCUT2D eigenvalue weighted by Gasteiger charge is -2.22. The van der Waals surface area contributed by atoms with Crippen LogP contribution in [-0.4, -0.2) is 24.2 Å². The van der Waals surface area contributed by atoms with E-state index in [0.717, 1.165) is 16.1 Å². The van der Waals surface area contributed by atoms with Gasteiger partial charge >= 0.3 is 6.03 Å². The van der Waals surface area contributed by atoms with Crippen molar-refractivity contribution < 1.29 is 9.59 Å². The van der Waals surface area contributed by atoms with E-state index in [1.807, 2.05) is 74.7 Å². The molecule has 0 aliphatic rings. The summed E-state index contributed by atoms with van der Waals surface area (Å²) in [6.07, 6.45) is 1.98. The normalized spacial score (nSPS) is 11.7. The van der Waals surface area contributed by atoms with Gasteiger partial charge in [0.1, 0.15) is 6.04 Å². The van der Waals surface area contributed by atoms with Crippen molar-refractivity contribution in [3.63, 3.8) is 0 Å². The lowest BCUT2D eigenvalue weighted by Crippen LogP contribution is -2.50. The van der Waals surface area contributed by atoms with Crippen LogP contribution >= 0.6 is 11.8 Å². The van der Waals surface area contributed by atoms with Gasteiger partial charge in [-0.05, 0) is 35.9 Å². The molecule has 0 saturated heterocycles. The molecular weight excluding hydrogens is 346 g/mol. The maximum atomic E-state index is 12.6. The van der Waals surface area contributed by atoms with Crippen LogP contribution in [0.5, 0.6) is 0 Å². The number of benzene rings is 2. The van der Waals surface area contributed by atoms with Crippen molar-refractivity contribution in [3.05, 3.63) is 60.2 Å². The minimum absolute atomic E-state index is 0.0405. The summed E-state index contributed by atoms with van der Waals surface area (Å²) in [5, 5.41) is 8.44. The maximum absolute atomic E-state index is 12.6. The van der Waals surface area contributed by atoms with E-state index in [0.29, 0.717) is 6.54 Å². The lowest BCUT2D eigenvalue weighted by molar-refractivity contribution is -0.118. The van der Waals surface area contributed by atoms with Crippen LogP contribution < -0.4 is 16.0 Å². The first kappa shape index (κ1) is 19.8. The number of carbonyl (C=O) groups excluding carboxylic acids is 2. The predicted molar refractivity (Wildman–Crippen MR) is 107 cm³/mol. The molecule has 0 radical (unpaired) electrons. The highest BCUT2D eigenvalue weighted by molar-refractivity contribution is 7.98. The minimum atomic E-state index is -0.622. The molecule has 5 nitrogen and oxygen atoms in total. The highest BCUT2D eigenvalue weighted by Gasteiger charge is 2.24. The van der Waals surface area contributed by atoms with Crippen molar-refractivity contribution >= 4 is 29.4 Å². The van der Waals surface area contributed by atoms with Gasteiger partial charge in [-0.25, -0.2) is 4.79 Å². The molecule has 1 unspecified atom stereocenters. The molecule has 138 valence electrons. The van der Waals surface area contributed by atoms with Crippen molar-refractivity contribution in [3.8, 4) is 0 Å². The van der Waals surface area contributed by atoms with Gasteiger partial charge in [0, 0.05) is 17.1 Å². The van der Waals surface area contributed by atoms with Crippen LogP contribution in [0.1, 0.15) is 19.4 Å². The van der Waals surface area contributed by atoms with Crippen molar-refractivity contribution in [1.29, 1.82) is 0 Å². The minimum Gasteiger partial charge on any atom is -0.334 e. The van der Waals surface area contributed by atoms with E-state index in [-0.39, 0.29) is 17.9 Å². The fourth-order valence-corrected chi connectivity index (χ4v) is 2.89. The van der Waals surface area contributed by atoms with Crippen LogP contribution in [0.15, 0.2) is 59.5 Å². The van der Waals surface area contributed by atoms with Gasteiger partial charge in [0.2, 0.25) is 5.91 Å². The van der Waals surface area contributed by atoms with E-state index in [4.69, 9.17) is 0 Å². The molecular formula is C20H25N3O2S. The first-order valence-electron chi connectivity index (χ1n) is 8.53. The van der Waals surface area contributed by atoms with Crippen LogP contribution in [0.25, 0.3) is 0 Å². The predicted octanol–water partition coefficient (Wildman–Crippen LogP) is 3.87. The third-order valence-electron chi connectivity index (χ3n) is 3.87. The second-order valence-corrected chi connectivity index (χ2v) is 7.14. The zero-order valence-electron chi connectivity index (χ0n) is 15.3. The van der Waals surface area contributed by atoms with Crippen LogP contribution in [0.3, 0.4) is 0 Å². The molecule has 0 saturated carbocycles. The van der Waals surface area contributed by atoms with Gasteiger partial charge in [-0.1, -0.05) is 50.2 Å². The van der Waals surface area contributed by atoms with Crippen molar-refractivity contribution in [1.82, 2.24) is 10.6 Å². The Bertz CT molecular complexity index is 735. The van der Waals surface area contributed by atoms with E-state index >= 15 is 0 Å². The Hall–Kier alpha value is -2.47. The van der Waals surface area contributed by atoms with Gasteiger partial charge in [0.25, 0.3) is 0 Å². The molecule has 0 fully saturated rings. The molecule has 26 heavy (non-hydrogen) atoms. The summed E-state index contributed by atoms with van der Waals surface area (Å²) < 4.78 is 0. The van der Waals surface area contributed by atoms with Gasteiger partial charge in [0.15, 0.2) is 0 Å². The first-order chi connectivity index (χ1) is 12.5. The van der Waals surface area contributed by atoms with Gasteiger partial charge in [-0.15, -0.1) is 11.8 Å². The summed E-state index contributed by atoms with van der Waals surface area (Å²) in [6, 6.07) is 16.3. The molecule has 0 aliphatic heterocycles. The summed E-state index contributed by atoms with van der Waals surface area (Å²) in [6.45, 7) is 4.22. The van der Waals surface area contributed by atoms with E-state index in [1.54, 1.807) is 11.8 Å². The fraction of sp³-hybridized carbons (Fsp3) is 0.300. The number of anilines is 1. The van der Waals surface area contributed by atoms with Crippen molar-refractivity contribution in [2.75, 3.05) is 11.6 Å². The average Bonchev–Trinajstić information content (AvgIpc) is 2.65. The van der Waals surface area contributed by atoms with E-state index in [9.17, 15) is 9.59 Å². The summed E-state index contributed by atoms with van der Waals surface area (Å²) in [5.41, 5.74) is 1.72. The molecule has 0 heterocycles. The molecule has 3 amide bonds. The Morgan fingerprint density at radius 1 is 1.04 bits per heavy atom. The van der Waals surface area contributed by atoms with Crippen molar-refractivity contribution in [2.45, 2.75) is 31.3 Å². The van der Waals surface area contributed by atoms with Crippen LogP contribution in [0.2, 0.25) is 0 Å². The zero-order valence-corrected chi connectivity index (χ0v) is 16.1. The standard InChI is InChI=1S/C20H25N3O2S/c1-14(2)18(19(24)22-16-10-7-11-17(12-16)26-3)23-20(25)21-13-15-8-5-4-6-9-15/h4-12,14,18H,13H2,1-3H3,(H,22,24)(H2,21,23,25). The van der Waals surface area contributed by atoms with E-state index in [1.165, 1.54) is 0 Å². The van der Waals surface area contributed by atoms with E-state index in [2.05, 4.69) is 16.0 Å². The Balaban J connectivity index is 1.94. The smallest absolute Gasteiger partial charge is 0.315 e. The number of thioether (sulfide) groups is 1. The number of hydrogen-bond donors (Lipinski definition) is 3. The quantitative estimate of drug-likeness (QED) is 0.647. The van der Waals surface area contributed by atoms with Crippen LogP contribution in [0.4, 0.5) is 10.5 Å². The Labute approximate surface area is 159 Å². The number of rotatable bonds is 7. The lowest BCUT2D eigenvalue weighted by atomic mass is 10.0. The zero-order chi connectivity index (χ0) is 18.9. The second-order valence-electron chi connectivity index (χ2n) is 6.26. The maximum Gasteiger partial charge on any atom is 0.315 e. The molecule has 0 aromatic heterocycles. The van der Waals surface area contributed by atoms with Gasteiger partial charge in [0.05, 0.1) is 0 Å². The average molecular weight is 372 g/mol. The third-order valence-corrected chi connectivity index (χ3v) is 4.59. The van der Waals surface area contributed by atoms with Crippen molar-refractivity contribution in [2.24, 2.45) is 5.92 Å². The monoisotopic (exact) mass is 371 g/mol. The number of amides is 3. The molecule has 0 aliphatic carbocycles. The Morgan fingerprint density at radius 3 is 2.42 bits per heavy atom. The summed E-state index contributed by atoms with van der Waals surface area (Å²) >= 11 is 1.61. The Kier molecular flexibility index (Phi) is 7.53. The molecule has 1 atom stereocenters. The van der Waals surface area contributed by atoms with E-state index < -0.39 is 6.04 Å². The number of urea groups is 1. The van der Waals surface area contributed by atoms with Crippen LogP contribution in [-0.2, 0) is 11.3 Å². The molecule has 2 aromatic carbocycles. The Morgan fingerprint density at radius 2 is 1.77 bits per heavy atom. The highest BCUT2D eigenvalue weighted by Crippen LogP contribution is 2.19. The topological polar surface area (TPSA) is 70.2 Å². The number of nitrogens with one attached hydrogen (secondary N) is 3. The second kappa shape index (κ2) is 9.87. The molecule has 0 spiro atoms. The summed E-state index contributed by atoms with van der Waals surface area (Å²) in [4.78, 5) is 25.9. The fourth-order valence-electron chi connectivity index (χ4n) is 2.43. The molecule has 2 rings (SSSR count). The largest absolute Gasteiger partial charge is 0.334 e. The number of hydrogen-bond acceptors (Lipinski definition) is 3. The molecule has 6 heteroatoms. The summed E-state index contributed by atoms with van der Waals surface area (Å²) in [7, 11) is 0. The third kappa shape index (κ3) is 6.11. The SMILES string of the molecule is CSc1cccc(NC(=O)C(NC(=O)NCc2ccccc2)C(C)C)c1. The highest BCUT2D eigenvalue weighted by atomic mass is 32.2. The summed E-state index contributed by atoms with van der Waals surface area (Å²) in [5.74, 6) is -0.269. The molecule has 0 bridgehead atoms. The molecule has 3 N–H and O–H groups in total. The molecule has 2 aromatic rings. The van der Waals surface area contributed by atoms with Gasteiger partial charge in [-0.2, -0.15) is 0 Å². The van der Waals surface area contributed by atoms with Gasteiger partial charge < -0.3 is 16.0 Å². The van der Waals surface area contributed by atoms with Gasteiger partial charge in [-0.3, -0.25) is 4.79 Å². The first-order valence-corrected chi connectivity index (χ1v) is 9.75.